The van der Waals surface area contributed by atoms with Gasteiger partial charge < -0.3 is 0 Å². The summed E-state index contributed by atoms with van der Waals surface area (Å²) in [5.74, 6) is 0. The van der Waals surface area contributed by atoms with Crippen molar-refractivity contribution in [3.8, 4) is 0 Å². The van der Waals surface area contributed by atoms with Crippen molar-refractivity contribution in [1.82, 2.24) is 0 Å². The molecule has 2 rings (SSSR count). The van der Waals surface area contributed by atoms with Crippen molar-refractivity contribution in [3.05, 3.63) is 0 Å². The molecule has 0 aromatic heterocycles. The van der Waals surface area contributed by atoms with Crippen LogP contribution in [0.4, 0.5) is 0 Å². The first-order chi connectivity index (χ1) is 3.41. The molecule has 2 heterocycles. The summed E-state index contributed by atoms with van der Waals surface area (Å²) in [6.45, 7) is 0. The molecule has 0 radical (unpaired) electrons. The van der Waals surface area contributed by atoms with Crippen LogP contribution in [0.2, 0.25) is 21.0 Å². The Kier molecular flexibility index (Phi) is 0.808. The fourth-order valence-electron chi connectivity index (χ4n) is 1.85. The first-order valence-electron chi connectivity index (χ1n) is 3.41. The van der Waals surface area contributed by atoms with Crippen LogP contribution in [0.25, 0.3) is 0 Å². The van der Waals surface area contributed by atoms with E-state index in [1.807, 2.05) is 0 Å². The summed E-state index contributed by atoms with van der Waals surface area (Å²) in [5, 5.41) is 7.00. The summed E-state index contributed by atoms with van der Waals surface area (Å²) in [6.07, 6.45) is 3.22. The Labute approximate surface area is 47.7 Å². The van der Waals surface area contributed by atoms with Crippen molar-refractivity contribution in [2.24, 2.45) is 0 Å². The maximum absolute atomic E-state index is 1.75. The van der Waals surface area contributed by atoms with Crippen LogP contribution in [0.3, 0.4) is 0 Å². The van der Waals surface area contributed by atoms with Crippen molar-refractivity contribution in [2.45, 2.75) is 33.9 Å². The standard InChI is InChI=1S/C6H12Ge/c1-3-7(4-1)5-2-6-7/h1-6H2. The molecule has 2 aliphatic rings. The van der Waals surface area contributed by atoms with Crippen LogP contribution in [0.5, 0.6) is 0 Å². The molecule has 0 bridgehead atoms. The van der Waals surface area contributed by atoms with Crippen LogP contribution in [0.1, 0.15) is 12.8 Å². The van der Waals surface area contributed by atoms with Gasteiger partial charge in [0.05, 0.1) is 0 Å². The van der Waals surface area contributed by atoms with Gasteiger partial charge in [-0.1, -0.05) is 0 Å². The average Bonchev–Trinajstić information content (AvgIpc) is 1.20. The minimum absolute atomic E-state index is 0.722. The quantitative estimate of drug-likeness (QED) is 0.472. The van der Waals surface area contributed by atoms with E-state index in [2.05, 4.69) is 0 Å². The molecule has 0 unspecified atom stereocenters. The van der Waals surface area contributed by atoms with E-state index in [1.165, 1.54) is 0 Å². The summed E-state index contributed by atoms with van der Waals surface area (Å²) < 4.78 is 0. The zero-order chi connectivity index (χ0) is 4.74. The van der Waals surface area contributed by atoms with E-state index in [0.29, 0.717) is 0 Å². The third-order valence-corrected chi connectivity index (χ3v) is 14.7. The second kappa shape index (κ2) is 1.28. The second-order valence-electron chi connectivity index (χ2n) is 3.21. The Morgan fingerprint density at radius 1 is 0.714 bits per heavy atom. The fourth-order valence-corrected chi connectivity index (χ4v) is 9.63. The van der Waals surface area contributed by atoms with E-state index < -0.39 is 13.3 Å². The molecule has 2 saturated heterocycles. The molecular formula is C6H12Ge. The van der Waals surface area contributed by atoms with Crippen molar-refractivity contribution < 1.29 is 0 Å². The first kappa shape index (κ1) is 4.42. The molecular weight excluding hydrogens is 145 g/mol. The predicted octanol–water partition coefficient (Wildman–Crippen LogP) is 2.24. The Hall–Kier alpha value is 0.543. The van der Waals surface area contributed by atoms with Crippen LogP contribution >= 0.6 is 0 Å². The molecule has 0 saturated carbocycles. The van der Waals surface area contributed by atoms with Crippen molar-refractivity contribution in [3.63, 3.8) is 0 Å². The van der Waals surface area contributed by atoms with Gasteiger partial charge in [-0.2, -0.15) is 0 Å². The Bertz CT molecular complexity index is 64.7. The fraction of sp³-hybridized carbons (Fsp3) is 1.00. The third kappa shape index (κ3) is 0.493. The summed E-state index contributed by atoms with van der Waals surface area (Å²) in [4.78, 5) is 0. The van der Waals surface area contributed by atoms with Gasteiger partial charge in [-0.25, -0.2) is 0 Å². The SMILES string of the molecule is C1[CH2][Ge]2([CH2]1)[CH2]C[CH2]2. The van der Waals surface area contributed by atoms with Crippen molar-refractivity contribution in [2.75, 3.05) is 0 Å². The van der Waals surface area contributed by atoms with E-state index in [4.69, 9.17) is 0 Å². The summed E-state index contributed by atoms with van der Waals surface area (Å²) >= 11 is -0.722. The molecule has 2 aliphatic heterocycles. The van der Waals surface area contributed by atoms with Crippen LogP contribution in [0.15, 0.2) is 0 Å². The molecule has 0 aliphatic carbocycles. The normalized spacial score (nSPS) is 34.3. The van der Waals surface area contributed by atoms with E-state index in [0.717, 1.165) is 0 Å². The Morgan fingerprint density at radius 2 is 1.14 bits per heavy atom. The molecule has 0 aromatic carbocycles. The molecule has 0 aromatic rings. The molecule has 2 fully saturated rings. The second-order valence-corrected chi connectivity index (χ2v) is 13.7. The number of hydrogen-bond acceptors (Lipinski definition) is 0. The van der Waals surface area contributed by atoms with Gasteiger partial charge in [0.2, 0.25) is 0 Å². The van der Waals surface area contributed by atoms with Crippen molar-refractivity contribution in [1.29, 1.82) is 0 Å². The van der Waals surface area contributed by atoms with Crippen LogP contribution in [0, 0.1) is 0 Å². The van der Waals surface area contributed by atoms with E-state index in [9.17, 15) is 0 Å². The Balaban J connectivity index is 2.00. The molecule has 0 amide bonds. The van der Waals surface area contributed by atoms with Gasteiger partial charge in [0.1, 0.15) is 0 Å². The molecule has 0 N–H and O–H groups in total. The molecule has 40 valence electrons. The molecule has 1 heteroatoms. The predicted molar refractivity (Wildman–Crippen MR) is 34.2 cm³/mol. The van der Waals surface area contributed by atoms with Crippen molar-refractivity contribution >= 4 is 13.3 Å². The van der Waals surface area contributed by atoms with Gasteiger partial charge in [0.25, 0.3) is 0 Å². The topological polar surface area (TPSA) is 0 Å². The minimum atomic E-state index is -0.722. The van der Waals surface area contributed by atoms with Gasteiger partial charge >= 0.3 is 47.1 Å². The maximum atomic E-state index is 1.75. The number of rotatable bonds is 0. The van der Waals surface area contributed by atoms with Gasteiger partial charge in [0, 0.05) is 0 Å². The van der Waals surface area contributed by atoms with Crippen LogP contribution in [-0.2, 0) is 0 Å². The van der Waals surface area contributed by atoms with E-state index in [-0.39, 0.29) is 0 Å². The average molecular weight is 157 g/mol. The molecule has 0 atom stereocenters. The van der Waals surface area contributed by atoms with Crippen LogP contribution in [-0.4, -0.2) is 13.3 Å². The summed E-state index contributed by atoms with van der Waals surface area (Å²) in [6, 6.07) is 0. The summed E-state index contributed by atoms with van der Waals surface area (Å²) in [7, 11) is 0. The van der Waals surface area contributed by atoms with Gasteiger partial charge in [0.15, 0.2) is 0 Å². The number of hydrogen-bond donors (Lipinski definition) is 0. The zero-order valence-corrected chi connectivity index (χ0v) is 6.84. The molecule has 7 heavy (non-hydrogen) atoms. The Morgan fingerprint density at radius 3 is 1.14 bits per heavy atom. The summed E-state index contributed by atoms with van der Waals surface area (Å²) in [5.41, 5.74) is 0. The van der Waals surface area contributed by atoms with E-state index in [1.54, 1.807) is 33.9 Å². The zero-order valence-electron chi connectivity index (χ0n) is 4.74. The first-order valence-corrected chi connectivity index (χ1v) is 9.35. The molecule has 1 spiro atoms. The molecule has 0 nitrogen and oxygen atoms in total. The monoisotopic (exact) mass is 158 g/mol. The van der Waals surface area contributed by atoms with Gasteiger partial charge in [-0.05, 0) is 0 Å². The van der Waals surface area contributed by atoms with E-state index >= 15 is 0 Å². The van der Waals surface area contributed by atoms with Crippen LogP contribution < -0.4 is 0 Å². The van der Waals surface area contributed by atoms with Gasteiger partial charge in [-0.3, -0.25) is 0 Å². The third-order valence-electron chi connectivity index (χ3n) is 2.83. The van der Waals surface area contributed by atoms with Gasteiger partial charge in [-0.15, -0.1) is 0 Å².